The molecule has 1 heterocycles. The van der Waals surface area contributed by atoms with Crippen molar-refractivity contribution in [1.82, 2.24) is 4.90 Å². The molecule has 5 nitrogen and oxygen atoms in total. The number of carboxylic acids is 1. The molecule has 1 aromatic carbocycles. The lowest BCUT2D eigenvalue weighted by molar-refractivity contribution is -0.147. The van der Waals surface area contributed by atoms with Gasteiger partial charge in [0, 0.05) is 29.4 Å². The molecule has 0 aromatic heterocycles. The van der Waals surface area contributed by atoms with Crippen molar-refractivity contribution < 1.29 is 19.4 Å². The monoisotopic (exact) mass is 391 g/mol. The minimum Gasteiger partial charge on any atom is -0.478 e. The van der Waals surface area contributed by atoms with Gasteiger partial charge in [-0.25, -0.2) is 9.59 Å². The zero-order valence-electron chi connectivity index (χ0n) is 13.0. The third kappa shape index (κ3) is 4.89. The van der Waals surface area contributed by atoms with Crippen molar-refractivity contribution in [3.05, 3.63) is 46.5 Å². The average Bonchev–Trinajstić information content (AvgIpc) is 2.51. The highest BCUT2D eigenvalue weighted by Gasteiger charge is 2.34. The lowest BCUT2D eigenvalue weighted by atomic mass is 9.98. The molecule has 0 spiro atoms. The Bertz CT molecular complexity index is 638. The van der Waals surface area contributed by atoms with Crippen LogP contribution in [0, 0.1) is 0 Å². The second-order valence-electron chi connectivity index (χ2n) is 5.28. The minimum atomic E-state index is -1.02. The van der Waals surface area contributed by atoms with E-state index in [0.717, 1.165) is 6.08 Å². The predicted molar refractivity (Wildman–Crippen MR) is 98.1 cm³/mol. The molecule has 0 bridgehead atoms. The number of carbonyl (C=O) groups is 2. The van der Waals surface area contributed by atoms with Crippen molar-refractivity contribution in [1.29, 1.82) is 0 Å². The normalized spacial score (nSPS) is 21.0. The number of benzene rings is 1. The van der Waals surface area contributed by atoms with Crippen LogP contribution in [0.25, 0.3) is 0 Å². The molecule has 1 N–H and O–H groups in total. The van der Waals surface area contributed by atoms with Gasteiger partial charge in [-0.2, -0.15) is 12.6 Å². The van der Waals surface area contributed by atoms with Crippen molar-refractivity contribution in [3.8, 4) is 0 Å². The van der Waals surface area contributed by atoms with Crippen molar-refractivity contribution in [2.24, 2.45) is 0 Å². The Balaban J connectivity index is 0.00000288. The molecule has 1 fully saturated rings. The van der Waals surface area contributed by atoms with Crippen LogP contribution >= 0.6 is 36.6 Å². The van der Waals surface area contributed by atoms with Gasteiger partial charge in [-0.3, -0.25) is 4.90 Å². The number of methoxy groups -OCH3 is 1. The Kier molecular flexibility index (Phi) is 8.09. The molecule has 2 atom stereocenters. The van der Waals surface area contributed by atoms with E-state index in [2.05, 4.69) is 12.6 Å². The first-order chi connectivity index (χ1) is 10.9. The highest BCUT2D eigenvalue weighted by molar-refractivity contribution is 7.81. The molecule has 2 unspecified atom stereocenters. The van der Waals surface area contributed by atoms with Gasteiger partial charge in [-0.15, -0.1) is 12.4 Å². The molecule has 132 valence electrons. The summed E-state index contributed by atoms with van der Waals surface area (Å²) in [5, 5.41) is 9.32. The van der Waals surface area contributed by atoms with Gasteiger partial charge < -0.3 is 9.84 Å². The minimum absolute atomic E-state index is 0. The maximum Gasteiger partial charge on any atom is 0.328 e. The van der Waals surface area contributed by atoms with Crippen molar-refractivity contribution in [3.63, 3.8) is 0 Å². The van der Waals surface area contributed by atoms with Crippen LogP contribution in [0.5, 0.6) is 0 Å². The molecule has 0 saturated carbocycles. The Morgan fingerprint density at radius 2 is 2.12 bits per heavy atom. The summed E-state index contributed by atoms with van der Waals surface area (Å²) in [7, 11) is 1.32. The second-order valence-corrected chi connectivity index (χ2v) is 6.31. The number of hydrogen-bond donors (Lipinski definition) is 2. The number of aliphatic carboxylic acids is 1. The van der Waals surface area contributed by atoms with Gasteiger partial charge in [-0.1, -0.05) is 29.8 Å². The summed E-state index contributed by atoms with van der Waals surface area (Å²) in [6.07, 6.45) is 1.80. The fraction of sp³-hybridized carbons (Fsp3) is 0.375. The molecule has 0 radical (unpaired) electrons. The number of hydrogen-bond acceptors (Lipinski definition) is 5. The number of ether oxygens (including phenoxy) is 1. The number of thiol groups is 1. The lowest BCUT2D eigenvalue weighted by Gasteiger charge is -2.36. The topological polar surface area (TPSA) is 66.8 Å². The van der Waals surface area contributed by atoms with E-state index in [1.54, 1.807) is 24.3 Å². The molecule has 0 aliphatic carbocycles. The van der Waals surface area contributed by atoms with Gasteiger partial charge in [0.2, 0.25) is 0 Å². The number of piperidine rings is 1. The summed E-state index contributed by atoms with van der Waals surface area (Å²) >= 11 is 10.7. The molecule has 1 aliphatic heterocycles. The Morgan fingerprint density at radius 3 is 2.71 bits per heavy atom. The highest BCUT2D eigenvalue weighted by Crippen LogP contribution is 2.33. The maximum absolute atomic E-state index is 12.3. The second kappa shape index (κ2) is 9.32. The molecular weight excluding hydrogens is 373 g/mol. The Morgan fingerprint density at radius 1 is 1.46 bits per heavy atom. The van der Waals surface area contributed by atoms with Gasteiger partial charge in [0.15, 0.2) is 0 Å². The van der Waals surface area contributed by atoms with Crippen LogP contribution in [0.3, 0.4) is 0 Å². The fourth-order valence-electron chi connectivity index (χ4n) is 2.69. The van der Waals surface area contributed by atoms with E-state index in [-0.39, 0.29) is 17.7 Å². The van der Waals surface area contributed by atoms with Crippen LogP contribution in [0.1, 0.15) is 18.0 Å². The fourth-order valence-corrected chi connectivity index (χ4v) is 3.21. The standard InChI is InChI=1S/C16H18ClNO4S.ClH/c1-22-16(21)15(11-4-2-3-5-12(11)17)18-7-6-13(23)10(9-18)8-14(19)20;/h2-5,8,13,15,23H,6-7,9H2,1H3,(H,19,20);1H. The van der Waals surface area contributed by atoms with Crippen LogP contribution in [0.15, 0.2) is 35.9 Å². The molecule has 1 aromatic rings. The summed E-state index contributed by atoms with van der Waals surface area (Å²) in [5.41, 5.74) is 1.31. The number of carboxylic acid groups (broad SMARTS) is 1. The molecule has 1 aliphatic rings. The summed E-state index contributed by atoms with van der Waals surface area (Å²) in [5.74, 6) is -1.45. The van der Waals surface area contributed by atoms with Crippen LogP contribution < -0.4 is 0 Å². The van der Waals surface area contributed by atoms with Crippen molar-refractivity contribution in [2.75, 3.05) is 20.2 Å². The number of rotatable bonds is 4. The van der Waals surface area contributed by atoms with Gasteiger partial charge in [-0.05, 0) is 23.6 Å². The molecule has 1 saturated heterocycles. The number of halogens is 2. The largest absolute Gasteiger partial charge is 0.478 e. The van der Waals surface area contributed by atoms with E-state index in [0.29, 0.717) is 35.7 Å². The molecule has 2 rings (SSSR count). The Labute approximate surface area is 157 Å². The quantitative estimate of drug-likeness (QED) is 0.469. The molecule has 24 heavy (non-hydrogen) atoms. The van der Waals surface area contributed by atoms with Gasteiger partial charge in [0.1, 0.15) is 6.04 Å². The number of carbonyl (C=O) groups excluding carboxylic acids is 1. The smallest absolute Gasteiger partial charge is 0.328 e. The van der Waals surface area contributed by atoms with Gasteiger partial charge in [0.25, 0.3) is 0 Å². The third-order valence-electron chi connectivity index (χ3n) is 3.80. The van der Waals surface area contributed by atoms with Gasteiger partial charge >= 0.3 is 11.9 Å². The molecular formula is C16H19Cl2NO4S. The summed E-state index contributed by atoms with van der Waals surface area (Å²) in [6, 6.07) is 6.40. The Hall–Kier alpha value is -1.21. The van der Waals surface area contributed by atoms with E-state index in [4.69, 9.17) is 21.4 Å². The van der Waals surface area contributed by atoms with Crippen LogP contribution in [0.2, 0.25) is 5.02 Å². The predicted octanol–water partition coefficient (Wildman–Crippen LogP) is 2.99. The average molecular weight is 392 g/mol. The lowest BCUT2D eigenvalue weighted by Crippen LogP contribution is -2.42. The highest BCUT2D eigenvalue weighted by atomic mass is 35.5. The van der Waals surface area contributed by atoms with Crippen LogP contribution in [-0.2, 0) is 14.3 Å². The van der Waals surface area contributed by atoms with Gasteiger partial charge in [0.05, 0.1) is 7.11 Å². The third-order valence-corrected chi connectivity index (χ3v) is 4.74. The summed E-state index contributed by atoms with van der Waals surface area (Å²) < 4.78 is 4.92. The number of esters is 1. The number of likely N-dealkylation sites (tertiary alicyclic amines) is 1. The van der Waals surface area contributed by atoms with E-state index < -0.39 is 18.0 Å². The van der Waals surface area contributed by atoms with Crippen LogP contribution in [-0.4, -0.2) is 47.4 Å². The summed E-state index contributed by atoms with van der Waals surface area (Å²) in [6.45, 7) is 0.918. The molecule has 0 amide bonds. The van der Waals surface area contributed by atoms with Crippen molar-refractivity contribution in [2.45, 2.75) is 17.7 Å². The first-order valence-corrected chi connectivity index (χ1v) is 8.01. The maximum atomic E-state index is 12.3. The first-order valence-electron chi connectivity index (χ1n) is 7.11. The van der Waals surface area contributed by atoms with E-state index in [1.807, 2.05) is 4.90 Å². The molecule has 8 heteroatoms. The van der Waals surface area contributed by atoms with E-state index in [1.165, 1.54) is 7.11 Å². The SMILES string of the molecule is COC(=O)C(c1ccccc1Cl)N1CCC(S)C(=CC(=O)O)C1.Cl. The number of nitrogens with zero attached hydrogens (tertiary/aromatic N) is 1. The van der Waals surface area contributed by atoms with Crippen LogP contribution in [0.4, 0.5) is 0 Å². The zero-order valence-corrected chi connectivity index (χ0v) is 15.5. The van der Waals surface area contributed by atoms with E-state index in [9.17, 15) is 9.59 Å². The zero-order chi connectivity index (χ0) is 17.0. The van der Waals surface area contributed by atoms with E-state index >= 15 is 0 Å². The first kappa shape index (κ1) is 20.8. The van der Waals surface area contributed by atoms with Crippen molar-refractivity contribution >= 4 is 48.6 Å². The summed E-state index contributed by atoms with van der Waals surface area (Å²) in [4.78, 5) is 25.1.